The van der Waals surface area contributed by atoms with E-state index in [0.717, 1.165) is 0 Å². The second-order valence-corrected chi connectivity index (χ2v) is 2.15. The van der Waals surface area contributed by atoms with Gasteiger partial charge in [0.2, 0.25) is 5.95 Å². The molecule has 0 aliphatic rings. The van der Waals surface area contributed by atoms with Crippen LogP contribution in [0.3, 0.4) is 0 Å². The predicted octanol–water partition coefficient (Wildman–Crippen LogP) is -0.329. The van der Waals surface area contributed by atoms with Crippen LogP contribution >= 0.6 is 0 Å². The summed E-state index contributed by atoms with van der Waals surface area (Å²) in [5, 5.41) is 0. The van der Waals surface area contributed by atoms with Gasteiger partial charge in [-0.2, -0.15) is 0 Å². The Kier molecular flexibility index (Phi) is 1.45. The molecule has 0 unspecified atom stereocenters. The van der Waals surface area contributed by atoms with E-state index in [1.165, 1.54) is 10.6 Å². The summed E-state index contributed by atoms with van der Waals surface area (Å²) in [5.41, 5.74) is 5.91. The van der Waals surface area contributed by atoms with Gasteiger partial charge in [0.25, 0.3) is 5.56 Å². The Labute approximate surface area is 58.3 Å². The van der Waals surface area contributed by atoms with Gasteiger partial charge in [-0.3, -0.25) is 9.36 Å². The second-order valence-electron chi connectivity index (χ2n) is 2.15. The number of anilines is 1. The average molecular weight is 139 g/mol. The Morgan fingerprint density at radius 1 is 1.70 bits per heavy atom. The third-order valence-corrected chi connectivity index (χ3v) is 1.30. The van der Waals surface area contributed by atoms with E-state index in [4.69, 9.17) is 5.73 Å². The molecule has 0 atom stereocenters. The largest absolute Gasteiger partial charge is 0.369 e. The van der Waals surface area contributed by atoms with Crippen LogP contribution in [-0.2, 0) is 7.05 Å². The van der Waals surface area contributed by atoms with E-state index in [2.05, 4.69) is 4.98 Å². The normalized spacial score (nSPS) is 9.80. The van der Waals surface area contributed by atoms with Gasteiger partial charge in [0.1, 0.15) is 0 Å². The molecule has 0 saturated carbocycles. The van der Waals surface area contributed by atoms with Crippen molar-refractivity contribution in [2.45, 2.75) is 6.92 Å². The van der Waals surface area contributed by atoms with Crippen LogP contribution in [0.4, 0.5) is 5.95 Å². The van der Waals surface area contributed by atoms with Crippen LogP contribution < -0.4 is 11.3 Å². The summed E-state index contributed by atoms with van der Waals surface area (Å²) >= 11 is 0. The first-order valence-electron chi connectivity index (χ1n) is 2.91. The molecule has 1 aromatic rings. The molecule has 0 aliphatic carbocycles. The van der Waals surface area contributed by atoms with E-state index < -0.39 is 0 Å². The average Bonchev–Trinajstić information content (AvgIpc) is 1.82. The number of nitrogens with zero attached hydrogens (tertiary/aromatic N) is 2. The molecule has 2 N–H and O–H groups in total. The summed E-state index contributed by atoms with van der Waals surface area (Å²) in [6.45, 7) is 1.73. The third kappa shape index (κ3) is 1.00. The maximum Gasteiger partial charge on any atom is 0.254 e. The van der Waals surface area contributed by atoms with Crippen molar-refractivity contribution < 1.29 is 0 Å². The van der Waals surface area contributed by atoms with Crippen molar-refractivity contribution in [2.24, 2.45) is 7.05 Å². The number of nitrogen functional groups attached to an aromatic ring is 1. The van der Waals surface area contributed by atoms with Crippen LogP contribution in [0.15, 0.2) is 10.9 Å². The Hall–Kier alpha value is -1.32. The fourth-order valence-electron chi connectivity index (χ4n) is 0.676. The van der Waals surface area contributed by atoms with Crippen LogP contribution in [0.2, 0.25) is 0 Å². The van der Waals surface area contributed by atoms with E-state index in [0.29, 0.717) is 5.69 Å². The number of aryl methyl sites for hydroxylation is 1. The maximum atomic E-state index is 10.9. The molecule has 1 rings (SSSR count). The van der Waals surface area contributed by atoms with Gasteiger partial charge in [-0.1, -0.05) is 0 Å². The summed E-state index contributed by atoms with van der Waals surface area (Å²) in [5.74, 6) is 0.255. The van der Waals surface area contributed by atoms with Crippen LogP contribution in [0, 0.1) is 6.92 Å². The highest BCUT2D eigenvalue weighted by atomic mass is 16.1. The lowest BCUT2D eigenvalue weighted by Crippen LogP contribution is -2.20. The number of hydrogen-bond acceptors (Lipinski definition) is 3. The summed E-state index contributed by atoms with van der Waals surface area (Å²) in [7, 11) is 1.59. The predicted molar refractivity (Wildman–Crippen MR) is 38.6 cm³/mol. The first-order valence-corrected chi connectivity index (χ1v) is 2.91. The highest BCUT2D eigenvalue weighted by molar-refractivity contribution is 5.18. The van der Waals surface area contributed by atoms with Gasteiger partial charge >= 0.3 is 0 Å². The SMILES string of the molecule is Cc1cc(=O)n(C)c(N)n1. The van der Waals surface area contributed by atoms with Crippen molar-refractivity contribution >= 4 is 5.95 Å². The van der Waals surface area contributed by atoms with E-state index >= 15 is 0 Å². The molecule has 1 heterocycles. The molecule has 0 fully saturated rings. The monoisotopic (exact) mass is 139 g/mol. The Balaban J connectivity index is 3.46. The molecule has 4 heteroatoms. The standard InChI is InChI=1S/C6H9N3O/c1-4-3-5(10)9(2)6(7)8-4/h3H,1-2H3,(H2,7,8). The summed E-state index contributed by atoms with van der Waals surface area (Å²) in [4.78, 5) is 14.8. The van der Waals surface area contributed by atoms with Crippen LogP contribution in [0.1, 0.15) is 5.69 Å². The molecule has 0 amide bonds. The lowest BCUT2D eigenvalue weighted by atomic mass is 10.4. The third-order valence-electron chi connectivity index (χ3n) is 1.30. The van der Waals surface area contributed by atoms with Crippen molar-refractivity contribution in [2.75, 3.05) is 5.73 Å². The Morgan fingerprint density at radius 3 is 2.80 bits per heavy atom. The smallest absolute Gasteiger partial charge is 0.254 e. The molecule has 0 bridgehead atoms. The van der Waals surface area contributed by atoms with E-state index in [1.807, 2.05) is 0 Å². The van der Waals surface area contributed by atoms with Gasteiger partial charge in [-0.15, -0.1) is 0 Å². The second kappa shape index (κ2) is 2.13. The van der Waals surface area contributed by atoms with Crippen LogP contribution in [0.5, 0.6) is 0 Å². The zero-order chi connectivity index (χ0) is 7.72. The van der Waals surface area contributed by atoms with Crippen molar-refractivity contribution in [3.05, 3.63) is 22.1 Å². The number of hydrogen-bond donors (Lipinski definition) is 1. The lowest BCUT2D eigenvalue weighted by Gasteiger charge is -2.00. The molecular formula is C6H9N3O. The fourth-order valence-corrected chi connectivity index (χ4v) is 0.676. The zero-order valence-electron chi connectivity index (χ0n) is 5.96. The van der Waals surface area contributed by atoms with Crippen molar-refractivity contribution in [1.29, 1.82) is 0 Å². The van der Waals surface area contributed by atoms with Gasteiger partial charge in [0.15, 0.2) is 0 Å². The molecule has 0 spiro atoms. The number of rotatable bonds is 0. The molecule has 0 radical (unpaired) electrons. The van der Waals surface area contributed by atoms with Gasteiger partial charge in [-0.05, 0) is 6.92 Å². The van der Waals surface area contributed by atoms with E-state index in [1.54, 1.807) is 14.0 Å². The molecule has 0 aliphatic heterocycles. The fraction of sp³-hybridized carbons (Fsp3) is 0.333. The topological polar surface area (TPSA) is 60.9 Å². The first kappa shape index (κ1) is 6.80. The molecule has 54 valence electrons. The highest BCUT2D eigenvalue weighted by Gasteiger charge is 1.96. The van der Waals surface area contributed by atoms with Crippen molar-refractivity contribution in [3.63, 3.8) is 0 Å². The lowest BCUT2D eigenvalue weighted by molar-refractivity contribution is 0.833. The summed E-state index contributed by atoms with van der Waals surface area (Å²) < 4.78 is 1.30. The first-order chi connectivity index (χ1) is 4.61. The summed E-state index contributed by atoms with van der Waals surface area (Å²) in [6.07, 6.45) is 0. The maximum absolute atomic E-state index is 10.9. The van der Waals surface area contributed by atoms with Crippen LogP contribution in [0.25, 0.3) is 0 Å². The Morgan fingerprint density at radius 2 is 2.30 bits per heavy atom. The zero-order valence-corrected chi connectivity index (χ0v) is 5.96. The number of nitrogens with two attached hydrogens (primary N) is 1. The molecule has 0 saturated heterocycles. The highest BCUT2D eigenvalue weighted by Crippen LogP contribution is 1.91. The van der Waals surface area contributed by atoms with E-state index in [-0.39, 0.29) is 11.5 Å². The minimum absolute atomic E-state index is 0.120. The molecule has 0 aromatic carbocycles. The quantitative estimate of drug-likeness (QED) is 0.535. The van der Waals surface area contributed by atoms with Crippen LogP contribution in [-0.4, -0.2) is 9.55 Å². The molecule has 10 heavy (non-hydrogen) atoms. The van der Waals surface area contributed by atoms with Gasteiger partial charge in [0, 0.05) is 18.8 Å². The van der Waals surface area contributed by atoms with Gasteiger partial charge < -0.3 is 5.73 Å². The molecule has 4 nitrogen and oxygen atoms in total. The number of aromatic nitrogens is 2. The molecule has 1 aromatic heterocycles. The van der Waals surface area contributed by atoms with E-state index in [9.17, 15) is 4.79 Å². The molecular weight excluding hydrogens is 130 g/mol. The van der Waals surface area contributed by atoms with Crippen molar-refractivity contribution in [1.82, 2.24) is 9.55 Å². The van der Waals surface area contributed by atoms with Gasteiger partial charge in [-0.25, -0.2) is 4.98 Å². The Bertz CT molecular complexity index is 302. The van der Waals surface area contributed by atoms with Crippen molar-refractivity contribution in [3.8, 4) is 0 Å². The minimum Gasteiger partial charge on any atom is -0.369 e. The minimum atomic E-state index is -0.120. The summed E-state index contributed by atoms with van der Waals surface area (Å²) in [6, 6.07) is 1.44. The van der Waals surface area contributed by atoms with Gasteiger partial charge in [0.05, 0.1) is 0 Å².